The van der Waals surface area contributed by atoms with E-state index >= 15 is 0 Å². The van der Waals surface area contributed by atoms with Crippen molar-refractivity contribution in [2.45, 2.75) is 50.4 Å². The first-order chi connectivity index (χ1) is 14.2. The predicted octanol–water partition coefficient (Wildman–Crippen LogP) is 6.19. The van der Waals surface area contributed by atoms with E-state index in [-0.39, 0.29) is 5.91 Å². The molecule has 4 aliphatic rings. The Hall–Kier alpha value is -2.00. The number of anilines is 2. The van der Waals surface area contributed by atoms with Crippen molar-refractivity contribution in [1.29, 1.82) is 0 Å². The maximum atomic E-state index is 12.9. The number of hydrogen-bond acceptors (Lipinski definition) is 2. The van der Waals surface area contributed by atoms with Gasteiger partial charge in [0.15, 0.2) is 0 Å². The van der Waals surface area contributed by atoms with Gasteiger partial charge in [0.2, 0.25) is 0 Å². The van der Waals surface area contributed by atoms with Crippen molar-refractivity contribution >= 4 is 28.9 Å². The van der Waals surface area contributed by atoms with Crippen molar-refractivity contribution in [3.8, 4) is 0 Å². The first kappa shape index (κ1) is 17.8. The molecule has 2 aromatic carbocycles. The van der Waals surface area contributed by atoms with Crippen LogP contribution in [0.1, 0.15) is 71.8 Å². The number of carbonyl (C=O) groups excluding carboxylic acids is 1. The topological polar surface area (TPSA) is 32.3 Å². The minimum Gasteiger partial charge on any atom is -0.370 e. The number of benzene rings is 2. The summed E-state index contributed by atoms with van der Waals surface area (Å²) in [6, 6.07) is 11.8. The third-order valence-electron chi connectivity index (χ3n) is 7.89. The number of nitrogens with zero attached hydrogens (tertiary/aromatic N) is 1. The van der Waals surface area contributed by atoms with Crippen LogP contribution in [0.5, 0.6) is 0 Å². The number of carbonyl (C=O) groups is 1. The number of amides is 1. The molecular formula is C25H27ClN2O. The first-order valence-corrected chi connectivity index (χ1v) is 11.6. The fourth-order valence-electron chi connectivity index (χ4n) is 6.68. The van der Waals surface area contributed by atoms with Gasteiger partial charge < -0.3 is 10.2 Å². The quantitative estimate of drug-likeness (QED) is 0.644. The van der Waals surface area contributed by atoms with Gasteiger partial charge in [0.25, 0.3) is 5.91 Å². The van der Waals surface area contributed by atoms with Crippen molar-refractivity contribution in [2.24, 2.45) is 11.8 Å². The average molecular weight is 407 g/mol. The zero-order valence-corrected chi connectivity index (χ0v) is 17.4. The summed E-state index contributed by atoms with van der Waals surface area (Å²) in [5.41, 5.74) is 6.00. The van der Waals surface area contributed by atoms with Crippen LogP contribution in [0.25, 0.3) is 0 Å². The van der Waals surface area contributed by atoms with E-state index < -0.39 is 0 Å². The standard InChI is InChI=1S/C25H27ClN2O/c26-23-10-2-1-7-20(23)25(29)27-17-11-21-18-8-3-5-15(18)13-28-14-16-6-4-9-19(16)22(12-17)24(21)28/h1-2,7,10-12,15-16,18-19H,3-6,8-9,13-14H2,(H,27,29). The van der Waals surface area contributed by atoms with Crippen LogP contribution in [-0.4, -0.2) is 19.0 Å². The molecule has 2 saturated carbocycles. The molecule has 0 radical (unpaired) electrons. The smallest absolute Gasteiger partial charge is 0.257 e. The highest BCUT2D eigenvalue weighted by atomic mass is 35.5. The summed E-state index contributed by atoms with van der Waals surface area (Å²) in [5.74, 6) is 2.77. The molecule has 3 nitrogen and oxygen atoms in total. The summed E-state index contributed by atoms with van der Waals surface area (Å²) in [7, 11) is 0. The molecule has 0 aromatic heterocycles. The van der Waals surface area contributed by atoms with E-state index in [0.29, 0.717) is 22.4 Å². The second-order valence-corrected chi connectivity index (χ2v) is 9.84. The van der Waals surface area contributed by atoms with Crippen molar-refractivity contribution in [2.75, 3.05) is 23.3 Å². The highest BCUT2D eigenvalue weighted by Crippen LogP contribution is 2.56. The Morgan fingerprint density at radius 2 is 1.55 bits per heavy atom. The van der Waals surface area contributed by atoms with Crippen molar-refractivity contribution in [1.82, 2.24) is 0 Å². The van der Waals surface area contributed by atoms with Gasteiger partial charge in [0.05, 0.1) is 10.6 Å². The molecule has 29 heavy (non-hydrogen) atoms. The van der Waals surface area contributed by atoms with E-state index in [2.05, 4.69) is 22.3 Å². The van der Waals surface area contributed by atoms with E-state index in [4.69, 9.17) is 11.6 Å². The normalized spacial score (nSPS) is 29.2. The summed E-state index contributed by atoms with van der Waals surface area (Å²) in [4.78, 5) is 15.6. The molecule has 4 heteroatoms. The van der Waals surface area contributed by atoms with E-state index in [1.807, 2.05) is 12.1 Å². The zero-order chi connectivity index (χ0) is 19.5. The molecule has 2 aliphatic heterocycles. The summed E-state index contributed by atoms with van der Waals surface area (Å²) < 4.78 is 0. The molecule has 2 aromatic rings. The zero-order valence-electron chi connectivity index (χ0n) is 16.7. The Morgan fingerprint density at radius 3 is 2.17 bits per heavy atom. The second kappa shape index (κ2) is 6.77. The molecule has 0 bridgehead atoms. The number of fused-ring (bicyclic) bond motifs is 4. The van der Waals surface area contributed by atoms with Crippen molar-refractivity contribution in [3.05, 3.63) is 58.1 Å². The van der Waals surface area contributed by atoms with Gasteiger partial charge >= 0.3 is 0 Å². The van der Waals surface area contributed by atoms with Gasteiger partial charge in [-0.15, -0.1) is 0 Å². The van der Waals surface area contributed by atoms with Crippen LogP contribution in [0, 0.1) is 11.8 Å². The van der Waals surface area contributed by atoms with Gasteiger partial charge in [0, 0.05) is 24.5 Å². The Labute approximate surface area is 177 Å². The fourth-order valence-corrected chi connectivity index (χ4v) is 6.90. The summed E-state index contributed by atoms with van der Waals surface area (Å²) in [6.45, 7) is 2.47. The van der Waals surface area contributed by atoms with Crippen LogP contribution in [0.2, 0.25) is 5.02 Å². The molecule has 2 fully saturated rings. The molecule has 6 rings (SSSR count). The van der Waals surface area contributed by atoms with E-state index in [1.54, 1.807) is 12.1 Å². The van der Waals surface area contributed by atoms with Crippen LogP contribution in [0.15, 0.2) is 36.4 Å². The number of rotatable bonds is 2. The molecule has 4 atom stereocenters. The highest BCUT2D eigenvalue weighted by Gasteiger charge is 2.44. The van der Waals surface area contributed by atoms with E-state index in [9.17, 15) is 4.79 Å². The molecule has 150 valence electrons. The second-order valence-electron chi connectivity index (χ2n) is 9.44. The third kappa shape index (κ3) is 2.81. The van der Waals surface area contributed by atoms with Gasteiger partial charge in [-0.1, -0.05) is 36.6 Å². The lowest BCUT2D eigenvalue weighted by atomic mass is 9.75. The molecule has 4 unspecified atom stereocenters. The van der Waals surface area contributed by atoms with Gasteiger partial charge in [-0.05, 0) is 84.7 Å². The van der Waals surface area contributed by atoms with Crippen LogP contribution in [0.4, 0.5) is 11.4 Å². The predicted molar refractivity (Wildman–Crippen MR) is 118 cm³/mol. The minimum absolute atomic E-state index is 0.114. The molecular weight excluding hydrogens is 380 g/mol. The molecule has 2 aliphatic carbocycles. The largest absolute Gasteiger partial charge is 0.370 e. The maximum Gasteiger partial charge on any atom is 0.257 e. The molecule has 0 spiro atoms. The van der Waals surface area contributed by atoms with Gasteiger partial charge in [0.1, 0.15) is 0 Å². The number of halogens is 1. The van der Waals surface area contributed by atoms with Gasteiger partial charge in [-0.3, -0.25) is 4.79 Å². The monoisotopic (exact) mass is 406 g/mol. The third-order valence-corrected chi connectivity index (χ3v) is 8.22. The van der Waals surface area contributed by atoms with Crippen LogP contribution in [-0.2, 0) is 0 Å². The summed E-state index contributed by atoms with van der Waals surface area (Å²) in [5, 5.41) is 3.68. The highest BCUT2D eigenvalue weighted by molar-refractivity contribution is 6.34. The Bertz CT molecular complexity index is 942. The fraction of sp³-hybridized carbons (Fsp3) is 0.480. The first-order valence-electron chi connectivity index (χ1n) is 11.2. The van der Waals surface area contributed by atoms with Crippen LogP contribution in [0.3, 0.4) is 0 Å². The molecule has 0 saturated heterocycles. The molecule has 1 N–H and O–H groups in total. The van der Waals surface area contributed by atoms with E-state index in [1.165, 1.54) is 68.4 Å². The van der Waals surface area contributed by atoms with Gasteiger partial charge in [-0.25, -0.2) is 0 Å². The summed E-state index contributed by atoms with van der Waals surface area (Å²) >= 11 is 6.27. The maximum absolute atomic E-state index is 12.9. The molecule has 1 amide bonds. The number of nitrogens with one attached hydrogen (secondary N) is 1. The Morgan fingerprint density at radius 1 is 0.931 bits per heavy atom. The lowest BCUT2D eigenvalue weighted by molar-refractivity contribution is 0.102. The van der Waals surface area contributed by atoms with Crippen molar-refractivity contribution < 1.29 is 4.79 Å². The van der Waals surface area contributed by atoms with Crippen LogP contribution >= 0.6 is 11.6 Å². The van der Waals surface area contributed by atoms with Crippen molar-refractivity contribution in [3.63, 3.8) is 0 Å². The Balaban J connectivity index is 1.43. The number of hydrogen-bond donors (Lipinski definition) is 1. The Kier molecular flexibility index (Phi) is 4.16. The molecule has 2 heterocycles. The lowest BCUT2D eigenvalue weighted by Crippen LogP contribution is -2.43. The SMILES string of the molecule is O=C(Nc1cc2c3c(c1)C1CCCC1CN3CC1CCCC21)c1ccccc1Cl. The van der Waals surface area contributed by atoms with Gasteiger partial charge in [-0.2, -0.15) is 0 Å². The summed E-state index contributed by atoms with van der Waals surface area (Å²) in [6.07, 6.45) is 7.95. The lowest BCUT2D eigenvalue weighted by Gasteiger charge is -2.46. The van der Waals surface area contributed by atoms with Crippen LogP contribution < -0.4 is 10.2 Å². The average Bonchev–Trinajstić information content (AvgIpc) is 3.37. The minimum atomic E-state index is -0.114. The van der Waals surface area contributed by atoms with E-state index in [0.717, 1.165) is 17.5 Å².